The second kappa shape index (κ2) is 31.8. The molecule has 0 aliphatic carbocycles. The molecule has 1 heterocycles. The van der Waals surface area contributed by atoms with E-state index < -0.39 is 27.3 Å². The van der Waals surface area contributed by atoms with Gasteiger partial charge in [0.1, 0.15) is 0 Å². The van der Waals surface area contributed by atoms with E-state index in [2.05, 4.69) is 26.0 Å². The second-order valence-electron chi connectivity index (χ2n) is 4.43. The zero-order chi connectivity index (χ0) is 25.9. The Labute approximate surface area is 235 Å². The summed E-state index contributed by atoms with van der Waals surface area (Å²) in [5, 5.41) is 51.8. The summed E-state index contributed by atoms with van der Waals surface area (Å²) in [4.78, 5) is 50.2. The molecule has 0 saturated carbocycles. The number of carbonyl (C=O) groups is 2. The van der Waals surface area contributed by atoms with Crippen molar-refractivity contribution in [2.75, 3.05) is 0 Å². The van der Waals surface area contributed by atoms with Gasteiger partial charge in [0.05, 0.1) is 38.1 Å². The van der Waals surface area contributed by atoms with Crippen LogP contribution in [0.1, 0.15) is 25.2 Å². The summed E-state index contributed by atoms with van der Waals surface area (Å²) < 4.78 is 0. The molecule has 37 heavy (non-hydrogen) atoms. The van der Waals surface area contributed by atoms with E-state index in [1.54, 1.807) is 32.0 Å². The number of nitrogens with two attached hydrogens (primary N) is 2. The van der Waals surface area contributed by atoms with Crippen LogP contribution in [0.25, 0.3) is 0 Å². The Balaban J connectivity index is -0.0000000700. The zero-order valence-electron chi connectivity index (χ0n) is 18.7. The van der Waals surface area contributed by atoms with Gasteiger partial charge in [-0.2, -0.15) is 10.2 Å². The first-order chi connectivity index (χ1) is 14.6. The number of amides is 4. The molecule has 0 saturated heterocycles. The number of aromatic nitrogens is 1. The van der Waals surface area contributed by atoms with Crippen molar-refractivity contribution in [2.45, 2.75) is 13.8 Å². The maximum Gasteiger partial charge on any atom is 3.00 e. The van der Waals surface area contributed by atoms with Gasteiger partial charge in [-0.1, -0.05) is 6.07 Å². The van der Waals surface area contributed by atoms with Crippen molar-refractivity contribution in [3.05, 3.63) is 75.6 Å². The van der Waals surface area contributed by atoms with Crippen molar-refractivity contribution in [2.24, 2.45) is 21.7 Å². The van der Waals surface area contributed by atoms with Crippen LogP contribution in [-0.4, -0.2) is 43.7 Å². The minimum absolute atomic E-state index is 0. The molecular formula is C11H27N10O15Tb+4. The van der Waals surface area contributed by atoms with E-state index in [9.17, 15) is 9.59 Å². The van der Waals surface area contributed by atoms with Crippen LogP contribution in [0.2, 0.25) is 0 Å². The first kappa shape index (κ1) is 53.9. The molecule has 0 aliphatic rings. The van der Waals surface area contributed by atoms with Gasteiger partial charge >= 0.3 is 50.7 Å². The van der Waals surface area contributed by atoms with Crippen molar-refractivity contribution in [3.8, 4) is 0 Å². The quantitative estimate of drug-likeness (QED) is 0.1000. The normalized spacial score (nSPS) is 8.38. The van der Waals surface area contributed by atoms with E-state index in [0.717, 1.165) is 0 Å². The summed E-state index contributed by atoms with van der Waals surface area (Å²) in [6.07, 6.45) is 0. The molecule has 0 fully saturated rings. The van der Waals surface area contributed by atoms with Crippen LogP contribution in [0.5, 0.6) is 0 Å². The summed E-state index contributed by atoms with van der Waals surface area (Å²) in [7, 11) is 0. The van der Waals surface area contributed by atoms with E-state index in [1.807, 2.05) is 0 Å². The molecule has 0 unspecified atom stereocenters. The van der Waals surface area contributed by atoms with Gasteiger partial charge in [-0.15, -0.1) is 0 Å². The second-order valence-corrected chi connectivity index (χ2v) is 4.43. The third kappa shape index (κ3) is 49.8. The molecule has 1 aromatic rings. The maximum absolute atomic E-state index is 10.6. The number of nitrogens with zero attached hydrogens (tertiary/aromatic N) is 6. The molecule has 0 atom stereocenters. The summed E-state index contributed by atoms with van der Waals surface area (Å²) in [6.45, 7) is 3.33. The van der Waals surface area contributed by atoms with Crippen molar-refractivity contribution < 1.29 is 85.4 Å². The molecule has 216 valence electrons. The van der Waals surface area contributed by atoms with Gasteiger partial charge in [0.15, 0.2) is 0 Å². The molecule has 0 spiro atoms. The number of hydrazone groups is 2. The summed E-state index contributed by atoms with van der Waals surface area (Å²) in [5.41, 5.74) is 16.1. The van der Waals surface area contributed by atoms with Crippen LogP contribution in [0, 0.1) is 84.6 Å². The molecule has 26 heteroatoms. The molecule has 1 rings (SSSR count). The Hall–Kier alpha value is -4.24. The average molecular weight is 698 g/mol. The van der Waals surface area contributed by atoms with Gasteiger partial charge < -0.3 is 79.3 Å². The number of rotatable bonds is 4. The molecule has 0 bridgehead atoms. The molecule has 1 aromatic heterocycles. The maximum atomic E-state index is 10.6. The Morgan fingerprint density at radius 1 is 0.730 bits per heavy atom. The predicted octanol–water partition coefficient (Wildman–Crippen LogP) is -4.54. The number of hydrogen-bond donors (Lipinski definition) is 4. The molecule has 0 aliphatic heterocycles. The van der Waals surface area contributed by atoms with Crippen molar-refractivity contribution in [1.82, 2.24) is 15.8 Å². The van der Waals surface area contributed by atoms with Gasteiger partial charge in [-0.05, 0) is 26.0 Å². The number of primary amides is 2. The summed E-state index contributed by atoms with van der Waals surface area (Å²) >= 11 is 0. The topological polar surface area (TPSA) is 478 Å². The van der Waals surface area contributed by atoms with E-state index >= 15 is 0 Å². The molecule has 18 N–H and O–H groups in total. The molecule has 0 aromatic carbocycles. The van der Waals surface area contributed by atoms with Crippen LogP contribution in [0.15, 0.2) is 28.4 Å². The Bertz CT molecular complexity index is 781. The predicted molar refractivity (Wildman–Crippen MR) is 125 cm³/mol. The minimum atomic E-state index is -1.75. The van der Waals surface area contributed by atoms with Crippen molar-refractivity contribution in [1.29, 1.82) is 0 Å². The Kier molecular flexibility index (Phi) is 46.3. The number of nitrogens with one attached hydrogen (secondary N) is 2. The number of pyridine rings is 1. The van der Waals surface area contributed by atoms with Gasteiger partial charge in [0.25, 0.3) is 0 Å². The van der Waals surface area contributed by atoms with E-state index in [0.29, 0.717) is 22.8 Å². The van der Waals surface area contributed by atoms with Crippen LogP contribution in [0.3, 0.4) is 0 Å². The third-order valence-electron chi connectivity index (χ3n) is 2.16. The van der Waals surface area contributed by atoms with Gasteiger partial charge in [0, 0.05) is 0 Å². The molecule has 4 amide bonds. The minimum Gasteiger partial charge on any atom is -0.457 e. The molecule has 0 radical (unpaired) electrons. The number of carbonyl (C=O) groups excluding carboxylic acids is 2. The largest absolute Gasteiger partial charge is 3.00 e. The van der Waals surface area contributed by atoms with E-state index in [-0.39, 0.29) is 60.5 Å². The fraction of sp³-hybridized carbons (Fsp3) is 0.182. The summed E-state index contributed by atoms with van der Waals surface area (Å²) in [5.74, 6) is 0. The first-order valence-electron chi connectivity index (χ1n) is 7.21. The van der Waals surface area contributed by atoms with Gasteiger partial charge in [-0.3, -0.25) is 0 Å². The zero-order valence-corrected chi connectivity index (χ0v) is 20.8. The van der Waals surface area contributed by atoms with Crippen LogP contribution < -0.4 is 22.3 Å². The Morgan fingerprint density at radius 3 is 1.14 bits per heavy atom. The standard InChI is InChI=1S/C11H15N7O2.3NO3.4H2O.Tb/c1-6(15-17-10(12)19)8-4-3-5-9(14-8)7(2)16-18-11(13)20;3*2-1(3)4;;;;;/h3-5H,1-2H3,(H3,12,17,19)(H3,13,18,20);;;;4*1H2;/q;3*-1;;;;;+3/p+4/b15-6+,16-7+;;;;;;;;. The average Bonchev–Trinajstić information content (AvgIpc) is 2.62. The fourth-order valence-corrected chi connectivity index (χ4v) is 1.23. The van der Waals surface area contributed by atoms with Crippen molar-refractivity contribution in [3.63, 3.8) is 0 Å². The van der Waals surface area contributed by atoms with Crippen molar-refractivity contribution >= 4 is 23.5 Å². The number of hydrogen-bond acceptors (Lipinski definition) is 14. The monoisotopic (exact) mass is 698 g/mol. The first-order valence-corrected chi connectivity index (χ1v) is 7.21. The summed E-state index contributed by atoms with van der Waals surface area (Å²) in [6, 6.07) is 3.64. The molecular weight excluding hydrogens is 671 g/mol. The van der Waals surface area contributed by atoms with Crippen LogP contribution in [0.4, 0.5) is 9.59 Å². The van der Waals surface area contributed by atoms with Crippen LogP contribution in [-0.2, 0) is 21.9 Å². The number of urea groups is 2. The Morgan fingerprint density at radius 2 is 0.946 bits per heavy atom. The smallest absolute Gasteiger partial charge is 0.457 e. The third-order valence-corrected chi connectivity index (χ3v) is 2.16. The van der Waals surface area contributed by atoms with E-state index in [1.165, 1.54) is 0 Å². The van der Waals surface area contributed by atoms with Gasteiger partial charge in [0.2, 0.25) is 0 Å². The van der Waals surface area contributed by atoms with Crippen LogP contribution >= 0.6 is 0 Å². The SMILES string of the molecule is C/C(=N\NC(N)=O)c1cccc(/C(C)=N/NC(N)=O)n1.O=[N+]([O-])[O-].O=[N+]([O-])[O-].O=[N+]([O-])[O-].[OH3+].[OH3+].[OH3+].[OH3+].[Tb+3]. The molecule has 25 nitrogen and oxygen atoms in total. The van der Waals surface area contributed by atoms with Gasteiger partial charge in [-0.25, -0.2) is 25.4 Å². The van der Waals surface area contributed by atoms with E-state index in [4.69, 9.17) is 57.4 Å². The fourth-order valence-electron chi connectivity index (χ4n) is 1.23.